The van der Waals surface area contributed by atoms with Gasteiger partial charge < -0.3 is 0 Å². The number of benzene rings is 1. The minimum absolute atomic E-state index is 0.271. The van der Waals surface area contributed by atoms with E-state index in [1.54, 1.807) is 0 Å². The van der Waals surface area contributed by atoms with E-state index in [4.69, 9.17) is 0 Å². The van der Waals surface area contributed by atoms with Gasteiger partial charge in [0.15, 0.2) is 9.84 Å². The van der Waals surface area contributed by atoms with Gasteiger partial charge in [-0.1, -0.05) is 31.2 Å². The highest BCUT2D eigenvalue weighted by Gasteiger charge is 2.31. The van der Waals surface area contributed by atoms with Crippen molar-refractivity contribution in [2.24, 2.45) is 0 Å². The molecule has 2 nitrogen and oxygen atoms in total. The van der Waals surface area contributed by atoms with E-state index in [2.05, 4.69) is 0 Å². The fourth-order valence-electron chi connectivity index (χ4n) is 2.14. The van der Waals surface area contributed by atoms with Gasteiger partial charge >= 0.3 is 0 Å². The second-order valence-electron chi connectivity index (χ2n) is 3.71. The maximum Gasteiger partial charge on any atom is 0.157 e. The van der Waals surface area contributed by atoms with Gasteiger partial charge in [-0.15, -0.1) is 0 Å². The van der Waals surface area contributed by atoms with E-state index < -0.39 is 9.84 Å². The van der Waals surface area contributed by atoms with Gasteiger partial charge in [-0.05, 0) is 24.0 Å². The Morgan fingerprint density at radius 2 is 2.07 bits per heavy atom. The van der Waals surface area contributed by atoms with Crippen LogP contribution in [0, 0.1) is 0 Å². The van der Waals surface area contributed by atoms with Crippen molar-refractivity contribution in [2.75, 3.05) is 5.75 Å². The van der Waals surface area contributed by atoms with Crippen LogP contribution in [-0.4, -0.2) is 14.2 Å². The van der Waals surface area contributed by atoms with Gasteiger partial charge in [-0.25, -0.2) is 8.42 Å². The molecule has 1 aromatic carbocycles. The van der Waals surface area contributed by atoms with Crippen molar-refractivity contribution in [2.45, 2.75) is 25.0 Å². The van der Waals surface area contributed by atoms with Crippen molar-refractivity contribution < 1.29 is 8.42 Å². The van der Waals surface area contributed by atoms with Crippen LogP contribution in [0.4, 0.5) is 0 Å². The van der Waals surface area contributed by atoms with Crippen LogP contribution < -0.4 is 0 Å². The van der Waals surface area contributed by atoms with Crippen LogP contribution in [0.1, 0.15) is 29.7 Å². The summed E-state index contributed by atoms with van der Waals surface area (Å²) in [6.07, 6.45) is 1.36. The first kappa shape index (κ1) is 9.71. The molecule has 1 aliphatic heterocycles. The number of sulfone groups is 1. The number of hydrogen-bond donors (Lipinski definition) is 0. The summed E-state index contributed by atoms with van der Waals surface area (Å²) < 4.78 is 23.6. The van der Waals surface area contributed by atoms with Gasteiger partial charge in [0.05, 0.1) is 11.0 Å². The van der Waals surface area contributed by atoms with Gasteiger partial charge in [0, 0.05) is 0 Å². The molecule has 3 heteroatoms. The third-order valence-electron chi connectivity index (χ3n) is 2.86. The number of rotatable bonds is 1. The van der Waals surface area contributed by atoms with Gasteiger partial charge in [0.25, 0.3) is 0 Å². The highest BCUT2D eigenvalue weighted by atomic mass is 32.2. The number of fused-ring (bicyclic) bond motifs is 1. The van der Waals surface area contributed by atoms with E-state index >= 15 is 0 Å². The summed E-state index contributed by atoms with van der Waals surface area (Å²) in [5, 5.41) is -0.271. The van der Waals surface area contributed by atoms with Crippen LogP contribution >= 0.6 is 0 Å². The Morgan fingerprint density at radius 3 is 2.79 bits per heavy atom. The lowest BCUT2D eigenvalue weighted by Crippen LogP contribution is -2.24. The molecule has 0 radical (unpaired) electrons. The van der Waals surface area contributed by atoms with Crippen LogP contribution in [0.15, 0.2) is 24.3 Å². The van der Waals surface area contributed by atoms with E-state index in [0.29, 0.717) is 18.6 Å². The van der Waals surface area contributed by atoms with Crippen molar-refractivity contribution in [3.05, 3.63) is 35.4 Å². The SMILES string of the molecule is CCC1c2ccccc2CCS1(=O)=O. The molecule has 0 spiro atoms. The third-order valence-corrected chi connectivity index (χ3v) is 5.09. The molecule has 0 saturated heterocycles. The summed E-state index contributed by atoms with van der Waals surface area (Å²) in [6.45, 7) is 1.93. The Morgan fingerprint density at radius 1 is 1.36 bits per heavy atom. The summed E-state index contributed by atoms with van der Waals surface area (Å²) in [5.74, 6) is 0.308. The molecule has 1 aliphatic rings. The molecule has 1 heterocycles. The Kier molecular flexibility index (Phi) is 2.35. The molecule has 2 rings (SSSR count). The molecule has 1 unspecified atom stereocenters. The van der Waals surface area contributed by atoms with Gasteiger partial charge in [0.2, 0.25) is 0 Å². The average molecular weight is 210 g/mol. The molecule has 0 N–H and O–H groups in total. The Balaban J connectivity index is 2.56. The monoisotopic (exact) mass is 210 g/mol. The Bertz CT molecular complexity index is 434. The zero-order chi connectivity index (χ0) is 10.2. The number of hydrogen-bond acceptors (Lipinski definition) is 2. The molecule has 0 saturated carbocycles. The molecule has 0 amide bonds. The maximum absolute atomic E-state index is 11.8. The smallest absolute Gasteiger partial charge is 0.157 e. The van der Waals surface area contributed by atoms with Crippen molar-refractivity contribution >= 4 is 9.84 Å². The Labute approximate surface area is 84.9 Å². The second-order valence-corrected chi connectivity index (χ2v) is 6.02. The minimum atomic E-state index is -2.89. The quantitative estimate of drug-likeness (QED) is 0.711. The summed E-state index contributed by atoms with van der Waals surface area (Å²) in [4.78, 5) is 0. The predicted molar refractivity (Wildman–Crippen MR) is 57.0 cm³/mol. The molecule has 76 valence electrons. The topological polar surface area (TPSA) is 34.1 Å². The van der Waals surface area contributed by atoms with Crippen LogP contribution in [-0.2, 0) is 16.3 Å². The normalized spacial score (nSPS) is 24.2. The predicted octanol–water partition coefficient (Wildman–Crippen LogP) is 2.11. The molecule has 1 atom stereocenters. The zero-order valence-corrected chi connectivity index (χ0v) is 9.05. The minimum Gasteiger partial charge on any atom is -0.228 e. The van der Waals surface area contributed by atoms with Crippen molar-refractivity contribution in [1.82, 2.24) is 0 Å². The van der Waals surface area contributed by atoms with E-state index in [1.807, 2.05) is 31.2 Å². The standard InChI is InChI=1S/C11H14O2S/c1-2-11-10-6-4-3-5-9(10)7-8-14(11,12)13/h3-6,11H,2,7-8H2,1H3. The summed E-state index contributed by atoms with van der Waals surface area (Å²) in [7, 11) is -2.89. The molecule has 0 fully saturated rings. The van der Waals surface area contributed by atoms with Crippen molar-refractivity contribution in [3.63, 3.8) is 0 Å². The molecule has 0 aliphatic carbocycles. The summed E-state index contributed by atoms with van der Waals surface area (Å²) in [6, 6.07) is 7.87. The third kappa shape index (κ3) is 1.46. The first-order valence-electron chi connectivity index (χ1n) is 4.94. The molecule has 14 heavy (non-hydrogen) atoms. The van der Waals surface area contributed by atoms with Crippen LogP contribution in [0.2, 0.25) is 0 Å². The fraction of sp³-hybridized carbons (Fsp3) is 0.455. The Hall–Kier alpha value is -0.830. The van der Waals surface area contributed by atoms with Gasteiger partial charge in [-0.2, -0.15) is 0 Å². The maximum atomic E-state index is 11.8. The zero-order valence-electron chi connectivity index (χ0n) is 8.23. The largest absolute Gasteiger partial charge is 0.228 e. The lowest BCUT2D eigenvalue weighted by molar-refractivity contribution is 0.573. The van der Waals surface area contributed by atoms with Crippen LogP contribution in [0.5, 0.6) is 0 Å². The van der Waals surface area contributed by atoms with Crippen molar-refractivity contribution in [3.8, 4) is 0 Å². The molecular formula is C11H14O2S. The molecular weight excluding hydrogens is 196 g/mol. The summed E-state index contributed by atoms with van der Waals surface area (Å²) >= 11 is 0. The highest BCUT2D eigenvalue weighted by molar-refractivity contribution is 7.91. The average Bonchev–Trinajstić information content (AvgIpc) is 2.17. The molecule has 0 bridgehead atoms. The summed E-state index contributed by atoms with van der Waals surface area (Å²) in [5.41, 5.74) is 2.22. The lowest BCUT2D eigenvalue weighted by Gasteiger charge is -2.24. The first-order valence-corrected chi connectivity index (χ1v) is 6.66. The van der Waals surface area contributed by atoms with Crippen molar-refractivity contribution in [1.29, 1.82) is 0 Å². The number of aryl methyl sites for hydroxylation is 1. The molecule has 1 aromatic rings. The van der Waals surface area contributed by atoms with Crippen LogP contribution in [0.3, 0.4) is 0 Å². The van der Waals surface area contributed by atoms with E-state index in [1.165, 1.54) is 5.56 Å². The first-order chi connectivity index (χ1) is 6.65. The van der Waals surface area contributed by atoms with E-state index in [9.17, 15) is 8.42 Å². The lowest BCUT2D eigenvalue weighted by atomic mass is 10.0. The second kappa shape index (κ2) is 3.39. The van der Waals surface area contributed by atoms with E-state index in [0.717, 1.165) is 5.56 Å². The van der Waals surface area contributed by atoms with Gasteiger partial charge in [-0.3, -0.25) is 0 Å². The van der Waals surface area contributed by atoms with E-state index in [-0.39, 0.29) is 5.25 Å². The highest BCUT2D eigenvalue weighted by Crippen LogP contribution is 2.33. The van der Waals surface area contributed by atoms with Gasteiger partial charge in [0.1, 0.15) is 0 Å². The van der Waals surface area contributed by atoms with Crippen LogP contribution in [0.25, 0.3) is 0 Å². The molecule has 0 aromatic heterocycles. The fourth-order valence-corrected chi connectivity index (χ4v) is 4.05.